The van der Waals surface area contributed by atoms with E-state index in [2.05, 4.69) is 15.3 Å². The molecule has 3 rings (SSSR count). The van der Waals surface area contributed by atoms with Crippen LogP contribution < -0.4 is 5.32 Å². The smallest absolute Gasteiger partial charge is 0.262 e. The fraction of sp³-hybridized carbons (Fsp3) is 0. The molecule has 0 saturated carbocycles. The molecule has 0 spiro atoms. The predicted octanol–water partition coefficient (Wildman–Crippen LogP) is 3.22. The zero-order valence-corrected chi connectivity index (χ0v) is 10.7. The first-order valence-corrected chi connectivity index (χ1v) is 6.48. The van der Waals surface area contributed by atoms with Gasteiger partial charge < -0.3 is 5.32 Å². The number of nitrogens with zero attached hydrogens (tertiary/aromatic N) is 2. The van der Waals surface area contributed by atoms with Gasteiger partial charge in [0.15, 0.2) is 0 Å². The molecule has 20 heavy (non-hydrogen) atoms. The average Bonchev–Trinajstić information content (AvgIpc) is 2.88. The first kappa shape index (κ1) is 12.6. The van der Waals surface area contributed by atoms with E-state index >= 15 is 0 Å². The summed E-state index contributed by atoms with van der Waals surface area (Å²) >= 11 is 1.38. The summed E-state index contributed by atoms with van der Waals surface area (Å²) < 4.78 is 27.1. The molecular formula is C13H7F2N3OS. The first-order chi connectivity index (χ1) is 9.66. The fourth-order valence-electron chi connectivity index (χ4n) is 1.77. The van der Waals surface area contributed by atoms with Crippen LogP contribution in [0.25, 0.3) is 10.2 Å². The quantitative estimate of drug-likeness (QED) is 0.788. The van der Waals surface area contributed by atoms with Crippen molar-refractivity contribution in [2.45, 2.75) is 0 Å². The number of halogens is 2. The van der Waals surface area contributed by atoms with Crippen molar-refractivity contribution in [2.75, 3.05) is 5.32 Å². The van der Waals surface area contributed by atoms with Gasteiger partial charge in [0.2, 0.25) is 0 Å². The monoisotopic (exact) mass is 291 g/mol. The Morgan fingerprint density at radius 1 is 1.15 bits per heavy atom. The van der Waals surface area contributed by atoms with Crippen LogP contribution in [0.5, 0.6) is 0 Å². The Balaban J connectivity index is 1.99. The van der Waals surface area contributed by atoms with Crippen molar-refractivity contribution in [3.8, 4) is 0 Å². The van der Waals surface area contributed by atoms with E-state index in [1.807, 2.05) is 0 Å². The summed E-state index contributed by atoms with van der Waals surface area (Å²) in [5.74, 6) is -2.49. The number of hydrogen-bond donors (Lipinski definition) is 1. The minimum Gasteiger partial charge on any atom is -0.306 e. The zero-order valence-electron chi connectivity index (χ0n) is 9.93. The maximum absolute atomic E-state index is 13.5. The molecular weight excluding hydrogens is 284 g/mol. The summed E-state index contributed by atoms with van der Waals surface area (Å²) in [5, 5.41) is 4.82. The third-order valence-corrected chi connectivity index (χ3v) is 3.50. The molecule has 1 amide bonds. The Morgan fingerprint density at radius 2 is 1.90 bits per heavy atom. The molecule has 4 nitrogen and oxygen atoms in total. The van der Waals surface area contributed by atoms with Crippen molar-refractivity contribution in [1.82, 2.24) is 9.97 Å². The number of carbonyl (C=O) groups is 1. The van der Waals surface area contributed by atoms with Crippen molar-refractivity contribution >= 4 is 33.3 Å². The van der Waals surface area contributed by atoms with Crippen LogP contribution in [0.1, 0.15) is 10.4 Å². The lowest BCUT2D eigenvalue weighted by Crippen LogP contribution is -2.16. The number of anilines is 1. The molecule has 2 heterocycles. The van der Waals surface area contributed by atoms with Gasteiger partial charge in [-0.1, -0.05) is 6.07 Å². The van der Waals surface area contributed by atoms with Crippen LogP contribution in [0.2, 0.25) is 0 Å². The van der Waals surface area contributed by atoms with Crippen LogP contribution in [-0.2, 0) is 0 Å². The molecule has 0 aliphatic carbocycles. The van der Waals surface area contributed by atoms with Gasteiger partial charge in [0.25, 0.3) is 5.91 Å². The highest BCUT2D eigenvalue weighted by Crippen LogP contribution is 2.24. The van der Waals surface area contributed by atoms with Crippen molar-refractivity contribution in [3.05, 3.63) is 53.2 Å². The molecule has 0 aliphatic rings. The number of thiophene rings is 1. The minimum absolute atomic E-state index is 0.226. The molecule has 0 unspecified atom stereocenters. The van der Waals surface area contributed by atoms with E-state index in [1.165, 1.54) is 23.7 Å². The number of nitrogens with one attached hydrogen (secondary N) is 1. The molecule has 3 aromatic rings. The number of carbonyl (C=O) groups excluding carboxylic acids is 1. The summed E-state index contributed by atoms with van der Waals surface area (Å²) in [6.07, 6.45) is 1.28. The Hall–Kier alpha value is -2.41. The number of rotatable bonds is 2. The summed E-state index contributed by atoms with van der Waals surface area (Å²) in [4.78, 5) is 20.6. The van der Waals surface area contributed by atoms with Crippen LogP contribution in [0, 0.1) is 11.6 Å². The third-order valence-electron chi connectivity index (χ3n) is 2.68. The predicted molar refractivity (Wildman–Crippen MR) is 71.7 cm³/mol. The highest BCUT2D eigenvalue weighted by atomic mass is 32.1. The van der Waals surface area contributed by atoms with Crippen molar-refractivity contribution in [1.29, 1.82) is 0 Å². The molecule has 7 heteroatoms. The number of aromatic nitrogens is 2. The standard InChI is InChI=1S/C13H7F2N3OS/c14-8-2-1-3-9(15)10(8)12(19)18-11-7-4-5-20-13(7)17-6-16-11/h1-6H,(H,16,17,18,19). The molecule has 1 N–H and O–H groups in total. The third kappa shape index (κ3) is 2.12. The Labute approximate surface area is 116 Å². The molecule has 0 aliphatic heterocycles. The van der Waals surface area contributed by atoms with Crippen molar-refractivity contribution < 1.29 is 13.6 Å². The van der Waals surface area contributed by atoms with Crippen LogP contribution in [-0.4, -0.2) is 15.9 Å². The van der Waals surface area contributed by atoms with Crippen LogP contribution in [0.3, 0.4) is 0 Å². The Kier molecular flexibility index (Phi) is 3.11. The second-order valence-electron chi connectivity index (χ2n) is 3.91. The highest BCUT2D eigenvalue weighted by molar-refractivity contribution is 7.16. The largest absolute Gasteiger partial charge is 0.306 e. The Morgan fingerprint density at radius 3 is 2.65 bits per heavy atom. The molecule has 100 valence electrons. The molecule has 0 saturated heterocycles. The molecule has 1 aromatic carbocycles. The van der Waals surface area contributed by atoms with Gasteiger partial charge >= 0.3 is 0 Å². The minimum atomic E-state index is -0.918. The average molecular weight is 291 g/mol. The molecule has 0 radical (unpaired) electrons. The summed E-state index contributed by atoms with van der Waals surface area (Å²) in [6, 6.07) is 4.98. The second kappa shape index (κ2) is 4.93. The van der Waals surface area contributed by atoms with E-state index in [1.54, 1.807) is 11.4 Å². The van der Waals surface area contributed by atoms with E-state index in [0.29, 0.717) is 10.2 Å². The summed E-state index contributed by atoms with van der Waals surface area (Å²) in [5.41, 5.74) is -0.630. The van der Waals surface area contributed by atoms with Gasteiger partial charge in [-0.15, -0.1) is 11.3 Å². The lowest BCUT2D eigenvalue weighted by Gasteiger charge is -2.06. The number of hydrogen-bond acceptors (Lipinski definition) is 4. The van der Waals surface area contributed by atoms with E-state index < -0.39 is 23.1 Å². The lowest BCUT2D eigenvalue weighted by molar-refractivity contribution is 0.101. The number of amides is 1. The van der Waals surface area contributed by atoms with Crippen LogP contribution in [0.4, 0.5) is 14.6 Å². The highest BCUT2D eigenvalue weighted by Gasteiger charge is 2.18. The fourth-order valence-corrected chi connectivity index (χ4v) is 2.51. The normalized spacial score (nSPS) is 10.7. The van der Waals surface area contributed by atoms with Gasteiger partial charge in [-0.25, -0.2) is 18.7 Å². The van der Waals surface area contributed by atoms with Crippen molar-refractivity contribution in [2.24, 2.45) is 0 Å². The molecule has 0 fully saturated rings. The van der Waals surface area contributed by atoms with Gasteiger partial charge in [0.05, 0.1) is 5.39 Å². The maximum Gasteiger partial charge on any atom is 0.262 e. The number of benzene rings is 1. The van der Waals surface area contributed by atoms with E-state index in [0.717, 1.165) is 12.1 Å². The van der Waals surface area contributed by atoms with Gasteiger partial charge in [0, 0.05) is 0 Å². The van der Waals surface area contributed by atoms with Crippen molar-refractivity contribution in [3.63, 3.8) is 0 Å². The van der Waals surface area contributed by atoms with E-state index in [9.17, 15) is 13.6 Å². The lowest BCUT2D eigenvalue weighted by atomic mass is 10.2. The van der Waals surface area contributed by atoms with E-state index in [-0.39, 0.29) is 5.82 Å². The molecule has 0 atom stereocenters. The van der Waals surface area contributed by atoms with E-state index in [4.69, 9.17) is 0 Å². The SMILES string of the molecule is O=C(Nc1ncnc2sccc12)c1c(F)cccc1F. The second-order valence-corrected chi connectivity index (χ2v) is 4.81. The van der Waals surface area contributed by atoms with Gasteiger partial charge in [-0.3, -0.25) is 4.79 Å². The zero-order chi connectivity index (χ0) is 14.1. The topological polar surface area (TPSA) is 54.9 Å². The van der Waals surface area contributed by atoms with Crippen LogP contribution >= 0.6 is 11.3 Å². The first-order valence-electron chi connectivity index (χ1n) is 5.60. The number of fused-ring (bicyclic) bond motifs is 1. The van der Waals surface area contributed by atoms with Gasteiger partial charge in [-0.05, 0) is 23.6 Å². The van der Waals surface area contributed by atoms with Gasteiger partial charge in [0.1, 0.15) is 34.2 Å². The summed E-state index contributed by atoms with van der Waals surface area (Å²) in [7, 11) is 0. The summed E-state index contributed by atoms with van der Waals surface area (Å²) in [6.45, 7) is 0. The van der Waals surface area contributed by atoms with Crippen LogP contribution in [0.15, 0.2) is 36.0 Å². The maximum atomic E-state index is 13.5. The molecule has 2 aromatic heterocycles. The molecule has 0 bridgehead atoms. The Bertz CT molecular complexity index is 783. The van der Waals surface area contributed by atoms with Gasteiger partial charge in [-0.2, -0.15) is 0 Å².